The van der Waals surface area contributed by atoms with Crippen molar-refractivity contribution in [3.8, 4) is 5.69 Å². The van der Waals surface area contributed by atoms with E-state index in [4.69, 9.17) is 0 Å². The summed E-state index contributed by atoms with van der Waals surface area (Å²) >= 11 is 3.36. The Labute approximate surface area is 120 Å². The number of para-hydroxylation sites is 1. The highest BCUT2D eigenvalue weighted by atomic mass is 79.9. The summed E-state index contributed by atoms with van der Waals surface area (Å²) < 4.78 is 1.70. The first-order valence-corrected chi connectivity index (χ1v) is 7.37. The van der Waals surface area contributed by atoms with Gasteiger partial charge >= 0.3 is 0 Å². The molecule has 1 heterocycles. The van der Waals surface area contributed by atoms with Gasteiger partial charge < -0.3 is 5.32 Å². The lowest BCUT2D eigenvalue weighted by molar-refractivity contribution is 0.0953. The van der Waals surface area contributed by atoms with E-state index in [-0.39, 0.29) is 5.91 Å². The Morgan fingerprint density at radius 2 is 2.05 bits per heavy atom. The Bertz CT molecular complexity index is 524. The Morgan fingerprint density at radius 3 is 2.79 bits per heavy atom. The van der Waals surface area contributed by atoms with Crippen LogP contribution in [0, 0.1) is 0 Å². The van der Waals surface area contributed by atoms with Crippen LogP contribution >= 0.6 is 15.9 Å². The van der Waals surface area contributed by atoms with Crippen LogP contribution in [-0.4, -0.2) is 27.6 Å². The van der Waals surface area contributed by atoms with Gasteiger partial charge in [-0.3, -0.25) is 4.79 Å². The largest absolute Gasteiger partial charge is 0.352 e. The van der Waals surface area contributed by atoms with Crippen molar-refractivity contribution in [2.45, 2.75) is 12.8 Å². The van der Waals surface area contributed by atoms with Gasteiger partial charge in [-0.2, -0.15) is 5.10 Å². The maximum atomic E-state index is 11.9. The number of aromatic nitrogens is 2. The molecule has 1 amide bonds. The van der Waals surface area contributed by atoms with Gasteiger partial charge in [0.05, 0.1) is 17.4 Å². The van der Waals surface area contributed by atoms with Gasteiger partial charge in [0.15, 0.2) is 0 Å². The molecule has 0 aliphatic rings. The summed E-state index contributed by atoms with van der Waals surface area (Å²) in [7, 11) is 0. The number of unbranched alkanes of at least 4 members (excludes halogenated alkanes) is 1. The highest BCUT2D eigenvalue weighted by Crippen LogP contribution is 2.07. The fourth-order valence-corrected chi connectivity index (χ4v) is 2.08. The van der Waals surface area contributed by atoms with Crippen molar-refractivity contribution in [1.29, 1.82) is 0 Å². The van der Waals surface area contributed by atoms with E-state index >= 15 is 0 Å². The zero-order valence-electron chi connectivity index (χ0n) is 10.6. The predicted octanol–water partition coefficient (Wildman–Crippen LogP) is 2.78. The van der Waals surface area contributed by atoms with Crippen LogP contribution < -0.4 is 5.32 Å². The summed E-state index contributed by atoms with van der Waals surface area (Å²) in [6.07, 6.45) is 5.37. The summed E-state index contributed by atoms with van der Waals surface area (Å²) in [4.78, 5) is 11.9. The molecule has 2 rings (SSSR count). The molecule has 4 nitrogen and oxygen atoms in total. The van der Waals surface area contributed by atoms with Crippen molar-refractivity contribution in [1.82, 2.24) is 15.1 Å². The van der Waals surface area contributed by atoms with Crippen LogP contribution in [0.4, 0.5) is 0 Å². The minimum absolute atomic E-state index is 0.0725. The molecule has 5 heteroatoms. The number of hydrogen-bond acceptors (Lipinski definition) is 2. The molecule has 2 aromatic rings. The Kier molecular flexibility index (Phi) is 5.15. The molecule has 1 N–H and O–H groups in total. The van der Waals surface area contributed by atoms with Crippen LogP contribution in [0.15, 0.2) is 42.7 Å². The molecule has 0 radical (unpaired) electrons. The van der Waals surface area contributed by atoms with Gasteiger partial charge in [0.25, 0.3) is 5.91 Å². The van der Waals surface area contributed by atoms with E-state index in [2.05, 4.69) is 26.3 Å². The van der Waals surface area contributed by atoms with Crippen LogP contribution in [0.5, 0.6) is 0 Å². The van der Waals surface area contributed by atoms with Gasteiger partial charge in [-0.15, -0.1) is 0 Å². The lowest BCUT2D eigenvalue weighted by Crippen LogP contribution is -2.24. The second-order valence-electron chi connectivity index (χ2n) is 4.16. The maximum Gasteiger partial charge on any atom is 0.254 e. The fraction of sp³-hybridized carbons (Fsp3) is 0.286. The summed E-state index contributed by atoms with van der Waals surface area (Å²) in [6.45, 7) is 0.695. The maximum absolute atomic E-state index is 11.9. The average Bonchev–Trinajstić information content (AvgIpc) is 2.94. The van der Waals surface area contributed by atoms with Crippen LogP contribution in [0.2, 0.25) is 0 Å². The molecule has 19 heavy (non-hydrogen) atoms. The van der Waals surface area contributed by atoms with Crippen molar-refractivity contribution < 1.29 is 4.79 Å². The molecule has 0 atom stereocenters. The van der Waals surface area contributed by atoms with E-state index in [1.807, 2.05) is 30.3 Å². The number of amides is 1. The monoisotopic (exact) mass is 321 g/mol. The van der Waals surface area contributed by atoms with Crippen molar-refractivity contribution in [2.75, 3.05) is 11.9 Å². The van der Waals surface area contributed by atoms with Crippen molar-refractivity contribution in [2.24, 2.45) is 0 Å². The van der Waals surface area contributed by atoms with E-state index < -0.39 is 0 Å². The second kappa shape index (κ2) is 7.09. The summed E-state index contributed by atoms with van der Waals surface area (Å²) in [5.74, 6) is -0.0725. The van der Waals surface area contributed by atoms with Crippen LogP contribution in [0.25, 0.3) is 5.69 Å². The van der Waals surface area contributed by atoms with Crippen molar-refractivity contribution >= 4 is 21.8 Å². The first kappa shape index (κ1) is 13.8. The number of carbonyl (C=O) groups excluding carboxylic acids is 1. The molecule has 0 fully saturated rings. The molecule has 0 bridgehead atoms. The summed E-state index contributed by atoms with van der Waals surface area (Å²) in [5.41, 5.74) is 1.53. The molecule has 0 saturated heterocycles. The number of nitrogens with one attached hydrogen (secondary N) is 1. The topological polar surface area (TPSA) is 46.9 Å². The van der Waals surface area contributed by atoms with Gasteiger partial charge in [0.1, 0.15) is 0 Å². The second-order valence-corrected chi connectivity index (χ2v) is 4.95. The summed E-state index contributed by atoms with van der Waals surface area (Å²) in [6, 6.07) is 9.73. The molecule has 0 unspecified atom stereocenters. The van der Waals surface area contributed by atoms with Gasteiger partial charge in [0, 0.05) is 18.1 Å². The van der Waals surface area contributed by atoms with Crippen molar-refractivity contribution in [3.05, 3.63) is 48.3 Å². The van der Waals surface area contributed by atoms with Crippen LogP contribution in [0.3, 0.4) is 0 Å². The Hall–Kier alpha value is -1.62. The highest BCUT2D eigenvalue weighted by molar-refractivity contribution is 9.09. The minimum atomic E-state index is -0.0725. The Morgan fingerprint density at radius 1 is 1.26 bits per heavy atom. The van der Waals surface area contributed by atoms with E-state index in [0.29, 0.717) is 12.1 Å². The van der Waals surface area contributed by atoms with Crippen LogP contribution in [0.1, 0.15) is 23.2 Å². The zero-order valence-corrected chi connectivity index (χ0v) is 12.1. The van der Waals surface area contributed by atoms with E-state index in [1.54, 1.807) is 17.1 Å². The predicted molar refractivity (Wildman–Crippen MR) is 78.9 cm³/mol. The Balaban J connectivity index is 1.95. The van der Waals surface area contributed by atoms with Gasteiger partial charge in [0.2, 0.25) is 0 Å². The van der Waals surface area contributed by atoms with E-state index in [0.717, 1.165) is 23.9 Å². The summed E-state index contributed by atoms with van der Waals surface area (Å²) in [5, 5.41) is 8.05. The third-order valence-electron chi connectivity index (χ3n) is 2.71. The number of alkyl halides is 1. The van der Waals surface area contributed by atoms with E-state index in [1.165, 1.54) is 0 Å². The first-order chi connectivity index (χ1) is 9.31. The fourth-order valence-electron chi connectivity index (χ4n) is 1.69. The smallest absolute Gasteiger partial charge is 0.254 e. The SMILES string of the molecule is O=C(NCCCCBr)c1cnn(-c2ccccc2)c1. The lowest BCUT2D eigenvalue weighted by atomic mass is 10.3. The van der Waals surface area contributed by atoms with Crippen molar-refractivity contribution in [3.63, 3.8) is 0 Å². The molecule has 0 aliphatic carbocycles. The number of rotatable bonds is 6. The normalized spacial score (nSPS) is 10.4. The zero-order chi connectivity index (χ0) is 13.5. The molecule has 0 saturated carbocycles. The molecule has 100 valence electrons. The molecular weight excluding hydrogens is 306 g/mol. The lowest BCUT2D eigenvalue weighted by Gasteiger charge is -2.02. The van der Waals surface area contributed by atoms with Gasteiger partial charge in [-0.1, -0.05) is 34.1 Å². The van der Waals surface area contributed by atoms with E-state index in [9.17, 15) is 4.79 Å². The van der Waals surface area contributed by atoms with Gasteiger partial charge in [-0.05, 0) is 25.0 Å². The van der Waals surface area contributed by atoms with Crippen LogP contribution in [-0.2, 0) is 0 Å². The quantitative estimate of drug-likeness (QED) is 0.657. The number of benzene rings is 1. The molecule has 0 aliphatic heterocycles. The molecule has 1 aromatic carbocycles. The molecule has 1 aromatic heterocycles. The molecule has 0 spiro atoms. The first-order valence-electron chi connectivity index (χ1n) is 6.25. The third-order valence-corrected chi connectivity index (χ3v) is 3.27. The molecular formula is C14H16BrN3O. The van der Waals surface area contributed by atoms with Gasteiger partial charge in [-0.25, -0.2) is 4.68 Å². The number of carbonyl (C=O) groups is 1. The third kappa shape index (κ3) is 3.92. The number of halogens is 1. The average molecular weight is 322 g/mol. The number of hydrogen-bond donors (Lipinski definition) is 1. The minimum Gasteiger partial charge on any atom is -0.352 e. The standard InChI is InChI=1S/C14H16BrN3O/c15-8-4-5-9-16-14(19)12-10-17-18(11-12)13-6-2-1-3-7-13/h1-3,6-7,10-11H,4-5,8-9H2,(H,16,19). The number of nitrogens with zero attached hydrogens (tertiary/aromatic N) is 2. The highest BCUT2D eigenvalue weighted by Gasteiger charge is 2.08.